The van der Waals surface area contributed by atoms with E-state index in [1.54, 1.807) is 37.9 Å². The highest BCUT2D eigenvalue weighted by molar-refractivity contribution is 5.98. The maximum atomic E-state index is 12.1. The number of phenols is 1. The third kappa shape index (κ3) is 3.47. The Morgan fingerprint density at radius 2 is 2.05 bits per heavy atom. The Morgan fingerprint density at radius 1 is 1.42 bits per heavy atom. The summed E-state index contributed by atoms with van der Waals surface area (Å²) in [5.41, 5.74) is 0.877. The number of benzene rings is 1. The molecule has 1 atom stereocenters. The largest absolute Gasteiger partial charge is 0.508 e. The number of amides is 2. The van der Waals surface area contributed by atoms with Crippen molar-refractivity contribution in [1.82, 2.24) is 10.2 Å². The van der Waals surface area contributed by atoms with Crippen LogP contribution in [0.4, 0.5) is 0 Å². The number of hydrogen-bond donors (Lipinski definition) is 2. The smallest absolute Gasteiger partial charge is 0.252 e. The Bertz CT molecular complexity index is 486. The van der Waals surface area contributed by atoms with E-state index in [-0.39, 0.29) is 17.6 Å². The van der Waals surface area contributed by atoms with Crippen molar-refractivity contribution in [2.24, 2.45) is 0 Å². The molecule has 0 spiro atoms. The van der Waals surface area contributed by atoms with E-state index in [0.29, 0.717) is 17.7 Å². The van der Waals surface area contributed by atoms with Crippen molar-refractivity contribution in [3.05, 3.63) is 29.3 Å². The molecule has 19 heavy (non-hydrogen) atoms. The second-order valence-corrected chi connectivity index (χ2v) is 4.50. The molecule has 0 heterocycles. The van der Waals surface area contributed by atoms with Crippen LogP contribution in [0.3, 0.4) is 0 Å². The van der Waals surface area contributed by atoms with Crippen molar-refractivity contribution >= 4 is 11.8 Å². The molecule has 0 fully saturated rings. The number of rotatable bonds is 4. The minimum Gasteiger partial charge on any atom is -0.508 e. The van der Waals surface area contributed by atoms with Crippen molar-refractivity contribution in [1.29, 1.82) is 0 Å². The van der Waals surface area contributed by atoms with E-state index in [2.05, 4.69) is 5.32 Å². The van der Waals surface area contributed by atoms with Crippen molar-refractivity contribution in [3.8, 4) is 5.75 Å². The van der Waals surface area contributed by atoms with E-state index in [4.69, 9.17) is 0 Å². The highest BCUT2D eigenvalue weighted by atomic mass is 16.3. The van der Waals surface area contributed by atoms with Gasteiger partial charge < -0.3 is 15.3 Å². The monoisotopic (exact) mass is 264 g/mol. The number of aromatic hydroxyl groups is 1. The second kappa shape index (κ2) is 6.22. The predicted molar refractivity (Wildman–Crippen MR) is 73.1 cm³/mol. The summed E-state index contributed by atoms with van der Waals surface area (Å²) in [5, 5.41) is 12.2. The third-order valence-electron chi connectivity index (χ3n) is 3.12. The van der Waals surface area contributed by atoms with Crippen LogP contribution in [0.1, 0.15) is 29.8 Å². The van der Waals surface area contributed by atoms with Gasteiger partial charge >= 0.3 is 0 Å². The maximum Gasteiger partial charge on any atom is 0.252 e. The average molecular weight is 264 g/mol. The first-order valence-corrected chi connectivity index (χ1v) is 6.22. The molecule has 5 nitrogen and oxygen atoms in total. The van der Waals surface area contributed by atoms with Crippen LogP contribution in [-0.4, -0.2) is 41.5 Å². The van der Waals surface area contributed by atoms with Crippen LogP contribution in [0.5, 0.6) is 5.75 Å². The van der Waals surface area contributed by atoms with Gasteiger partial charge in [0.15, 0.2) is 0 Å². The minimum absolute atomic E-state index is 0.0669. The molecule has 1 rings (SSSR count). The Balaban J connectivity index is 2.80. The number of carbonyl (C=O) groups excluding carboxylic acids is 2. The zero-order valence-corrected chi connectivity index (χ0v) is 11.7. The number of phenolic OH excluding ortho intramolecular Hbond substituents is 1. The minimum atomic E-state index is -0.598. The van der Waals surface area contributed by atoms with Gasteiger partial charge in [0.1, 0.15) is 11.8 Å². The summed E-state index contributed by atoms with van der Waals surface area (Å²) in [6, 6.07) is 4.14. The number of nitrogens with one attached hydrogen (secondary N) is 1. The fourth-order valence-corrected chi connectivity index (χ4v) is 1.69. The summed E-state index contributed by atoms with van der Waals surface area (Å²) in [6.45, 7) is 5.76. The fourth-order valence-electron chi connectivity index (χ4n) is 1.69. The van der Waals surface area contributed by atoms with Gasteiger partial charge in [0, 0.05) is 24.7 Å². The van der Waals surface area contributed by atoms with Crippen molar-refractivity contribution < 1.29 is 14.7 Å². The molecule has 0 saturated carbocycles. The van der Waals surface area contributed by atoms with Gasteiger partial charge in [-0.05, 0) is 32.9 Å². The molecule has 2 amide bonds. The highest BCUT2D eigenvalue weighted by Gasteiger charge is 2.20. The Hall–Kier alpha value is -2.04. The molecule has 1 aromatic carbocycles. The summed E-state index contributed by atoms with van der Waals surface area (Å²) in [5.74, 6) is -0.440. The van der Waals surface area contributed by atoms with Crippen LogP contribution >= 0.6 is 0 Å². The lowest BCUT2D eigenvalue weighted by molar-refractivity contribution is -0.131. The molecule has 0 aliphatic carbocycles. The first kappa shape index (κ1) is 15.0. The van der Waals surface area contributed by atoms with Gasteiger partial charge in [-0.1, -0.05) is 6.07 Å². The van der Waals surface area contributed by atoms with Gasteiger partial charge in [0.05, 0.1) is 0 Å². The summed E-state index contributed by atoms with van der Waals surface area (Å²) in [7, 11) is 1.69. The molecule has 0 aromatic heterocycles. The van der Waals surface area contributed by atoms with Crippen LogP contribution in [0.2, 0.25) is 0 Å². The molecule has 2 N–H and O–H groups in total. The normalized spacial score (nSPS) is 11.8. The lowest BCUT2D eigenvalue weighted by atomic mass is 10.1. The molecule has 5 heteroatoms. The van der Waals surface area contributed by atoms with Gasteiger partial charge in [0.2, 0.25) is 5.91 Å². The molecule has 104 valence electrons. The zero-order valence-electron chi connectivity index (χ0n) is 11.7. The SMILES string of the molecule is CCN(C)C(=O)C(C)NC(=O)c1cccc(O)c1C. The first-order chi connectivity index (χ1) is 8.88. The number of likely N-dealkylation sites (N-methyl/N-ethyl adjacent to an activating group) is 1. The van der Waals surface area contributed by atoms with Crippen LogP contribution < -0.4 is 5.32 Å². The predicted octanol–water partition coefficient (Wildman–Crippen LogP) is 1.30. The fraction of sp³-hybridized carbons (Fsp3) is 0.429. The molecular weight excluding hydrogens is 244 g/mol. The Kier molecular flexibility index (Phi) is 4.92. The topological polar surface area (TPSA) is 69.6 Å². The molecule has 0 saturated heterocycles. The van der Waals surface area contributed by atoms with Crippen LogP contribution in [0.15, 0.2) is 18.2 Å². The maximum absolute atomic E-state index is 12.1. The number of carbonyl (C=O) groups is 2. The summed E-state index contributed by atoms with van der Waals surface area (Å²) >= 11 is 0. The third-order valence-corrected chi connectivity index (χ3v) is 3.12. The number of nitrogens with zero attached hydrogens (tertiary/aromatic N) is 1. The standard InChI is InChI=1S/C14H20N2O3/c1-5-16(4)14(19)10(3)15-13(18)11-7-6-8-12(17)9(11)2/h6-8,10,17H,5H2,1-4H3,(H,15,18). The van der Waals surface area contributed by atoms with E-state index in [1.165, 1.54) is 6.07 Å². The van der Waals surface area contributed by atoms with E-state index in [1.807, 2.05) is 6.92 Å². The van der Waals surface area contributed by atoms with Gasteiger partial charge in [-0.2, -0.15) is 0 Å². The second-order valence-electron chi connectivity index (χ2n) is 4.50. The van der Waals surface area contributed by atoms with Gasteiger partial charge in [0.25, 0.3) is 5.91 Å². The van der Waals surface area contributed by atoms with Gasteiger partial charge in [-0.3, -0.25) is 9.59 Å². The highest BCUT2D eigenvalue weighted by Crippen LogP contribution is 2.19. The molecule has 0 aliphatic rings. The van der Waals surface area contributed by atoms with Crippen LogP contribution in [-0.2, 0) is 4.79 Å². The Labute approximate surface area is 113 Å². The molecule has 0 aliphatic heterocycles. The number of hydrogen-bond acceptors (Lipinski definition) is 3. The lowest BCUT2D eigenvalue weighted by Crippen LogP contribution is -2.45. The molecular formula is C14H20N2O3. The summed E-state index contributed by atoms with van der Waals surface area (Å²) < 4.78 is 0. The van der Waals surface area contributed by atoms with Crippen molar-refractivity contribution in [2.75, 3.05) is 13.6 Å². The van der Waals surface area contributed by atoms with E-state index >= 15 is 0 Å². The quantitative estimate of drug-likeness (QED) is 0.861. The molecule has 0 bridgehead atoms. The van der Waals surface area contributed by atoms with Crippen LogP contribution in [0, 0.1) is 6.92 Å². The zero-order chi connectivity index (χ0) is 14.6. The van der Waals surface area contributed by atoms with Crippen molar-refractivity contribution in [2.45, 2.75) is 26.8 Å². The van der Waals surface area contributed by atoms with Crippen molar-refractivity contribution in [3.63, 3.8) is 0 Å². The Morgan fingerprint density at radius 3 is 2.63 bits per heavy atom. The van der Waals surface area contributed by atoms with E-state index in [9.17, 15) is 14.7 Å². The van der Waals surface area contributed by atoms with E-state index < -0.39 is 6.04 Å². The molecule has 0 radical (unpaired) electrons. The molecule has 1 aromatic rings. The molecule has 1 unspecified atom stereocenters. The lowest BCUT2D eigenvalue weighted by Gasteiger charge is -2.21. The van der Waals surface area contributed by atoms with Gasteiger partial charge in [-0.25, -0.2) is 0 Å². The average Bonchev–Trinajstić information content (AvgIpc) is 2.39. The van der Waals surface area contributed by atoms with Crippen LogP contribution in [0.25, 0.3) is 0 Å². The van der Waals surface area contributed by atoms with E-state index in [0.717, 1.165) is 0 Å². The first-order valence-electron chi connectivity index (χ1n) is 6.22. The van der Waals surface area contributed by atoms with Gasteiger partial charge in [-0.15, -0.1) is 0 Å². The summed E-state index contributed by atoms with van der Waals surface area (Å²) in [6.07, 6.45) is 0. The summed E-state index contributed by atoms with van der Waals surface area (Å²) in [4.78, 5) is 25.4.